The number of methoxy groups -OCH3 is 2. The van der Waals surface area contributed by atoms with Crippen LogP contribution in [0.25, 0.3) is 22.7 Å². The van der Waals surface area contributed by atoms with Crippen LogP contribution in [-0.4, -0.2) is 35.9 Å². The SMILES string of the molecule is CCOC(=O)C1=C(c2ccccc2)N=c2s/c(=C\c3cn(C)c4ccccc34)c(=O)n2[C@H]1c1ccc(OC)c(OC)c1. The van der Waals surface area contributed by atoms with Gasteiger partial charge in [0.2, 0.25) is 0 Å². The van der Waals surface area contributed by atoms with Gasteiger partial charge in [0.1, 0.15) is 0 Å². The number of benzene rings is 3. The highest BCUT2D eigenvalue weighted by atomic mass is 32.1. The van der Waals surface area contributed by atoms with E-state index in [-0.39, 0.29) is 17.7 Å². The number of aromatic nitrogens is 2. The van der Waals surface area contributed by atoms with Crippen molar-refractivity contribution < 1.29 is 19.0 Å². The normalized spacial score (nSPS) is 15.0. The first-order chi connectivity index (χ1) is 20.4. The van der Waals surface area contributed by atoms with Crippen LogP contribution in [0.15, 0.2) is 94.4 Å². The number of aryl methyl sites for hydroxylation is 1. The molecule has 0 amide bonds. The zero-order chi connectivity index (χ0) is 29.4. The molecule has 0 N–H and O–H groups in total. The number of fused-ring (bicyclic) bond motifs is 2. The molecule has 0 saturated heterocycles. The van der Waals surface area contributed by atoms with Crippen molar-refractivity contribution in [3.63, 3.8) is 0 Å². The fraction of sp³-hybridized carbons (Fsp3) is 0.182. The molecule has 212 valence electrons. The molecule has 0 spiro atoms. The summed E-state index contributed by atoms with van der Waals surface area (Å²) in [5, 5.41) is 1.04. The number of carbonyl (C=O) groups excluding carboxylic acids is 1. The minimum atomic E-state index is -0.815. The first-order valence-corrected chi connectivity index (χ1v) is 14.3. The maximum absolute atomic E-state index is 14.2. The summed E-state index contributed by atoms with van der Waals surface area (Å²) in [6, 6.07) is 22.1. The van der Waals surface area contributed by atoms with Gasteiger partial charge in [-0.15, -0.1) is 0 Å². The Morgan fingerprint density at radius 3 is 2.48 bits per heavy atom. The summed E-state index contributed by atoms with van der Waals surface area (Å²) in [7, 11) is 5.09. The Morgan fingerprint density at radius 2 is 1.74 bits per heavy atom. The lowest BCUT2D eigenvalue weighted by Gasteiger charge is -2.26. The van der Waals surface area contributed by atoms with Crippen molar-refractivity contribution in [1.29, 1.82) is 0 Å². The van der Waals surface area contributed by atoms with E-state index in [0.717, 1.165) is 22.0 Å². The second-order valence-electron chi connectivity index (χ2n) is 9.76. The number of hydrogen-bond donors (Lipinski definition) is 0. The topological polar surface area (TPSA) is 84.1 Å². The highest BCUT2D eigenvalue weighted by Crippen LogP contribution is 2.38. The molecule has 5 aromatic rings. The maximum atomic E-state index is 14.2. The van der Waals surface area contributed by atoms with Crippen LogP contribution in [0.3, 0.4) is 0 Å². The van der Waals surface area contributed by atoms with E-state index in [4.69, 9.17) is 19.2 Å². The van der Waals surface area contributed by atoms with E-state index in [1.165, 1.54) is 11.3 Å². The van der Waals surface area contributed by atoms with Crippen LogP contribution in [0.4, 0.5) is 0 Å². The fourth-order valence-corrected chi connectivity index (χ4v) is 6.40. The molecule has 8 nitrogen and oxygen atoms in total. The summed E-state index contributed by atoms with van der Waals surface area (Å²) in [4.78, 5) is 33.3. The molecule has 42 heavy (non-hydrogen) atoms. The van der Waals surface area contributed by atoms with E-state index >= 15 is 0 Å². The molecule has 1 atom stereocenters. The van der Waals surface area contributed by atoms with E-state index in [1.54, 1.807) is 37.8 Å². The molecule has 6 rings (SSSR count). The van der Waals surface area contributed by atoms with Crippen LogP contribution in [0, 0.1) is 0 Å². The maximum Gasteiger partial charge on any atom is 0.338 e. The quantitative estimate of drug-likeness (QED) is 0.266. The number of nitrogens with zero attached hydrogens (tertiary/aromatic N) is 3. The van der Waals surface area contributed by atoms with E-state index < -0.39 is 12.0 Å². The molecule has 0 aliphatic carbocycles. The van der Waals surface area contributed by atoms with Gasteiger partial charge in [0.05, 0.1) is 42.7 Å². The number of esters is 1. The van der Waals surface area contributed by atoms with Crippen LogP contribution in [0.1, 0.15) is 29.7 Å². The number of rotatable bonds is 7. The van der Waals surface area contributed by atoms with Gasteiger partial charge in [-0.2, -0.15) is 0 Å². The Balaban J connectivity index is 1.67. The zero-order valence-electron chi connectivity index (χ0n) is 23.7. The Morgan fingerprint density at radius 1 is 1.00 bits per heavy atom. The Kier molecular flexibility index (Phi) is 7.26. The van der Waals surface area contributed by atoms with E-state index in [9.17, 15) is 9.59 Å². The van der Waals surface area contributed by atoms with Crippen LogP contribution >= 0.6 is 11.3 Å². The average Bonchev–Trinajstić information content (AvgIpc) is 3.51. The van der Waals surface area contributed by atoms with Crippen LogP contribution in [0.5, 0.6) is 11.5 Å². The molecule has 2 aromatic heterocycles. The third kappa shape index (κ3) is 4.61. The Labute approximate surface area is 246 Å². The zero-order valence-corrected chi connectivity index (χ0v) is 24.5. The van der Waals surface area contributed by atoms with Gasteiger partial charge < -0.3 is 18.8 Å². The predicted octanol–water partition coefficient (Wildman–Crippen LogP) is 4.44. The number of carbonyl (C=O) groups is 1. The van der Waals surface area contributed by atoms with Crippen molar-refractivity contribution in [1.82, 2.24) is 9.13 Å². The van der Waals surface area contributed by atoms with Gasteiger partial charge in [0, 0.05) is 35.3 Å². The molecular formula is C33H29N3O5S. The minimum Gasteiger partial charge on any atom is -0.493 e. The molecule has 0 saturated carbocycles. The summed E-state index contributed by atoms with van der Waals surface area (Å²) in [6.07, 6.45) is 3.90. The van der Waals surface area contributed by atoms with Crippen LogP contribution in [0.2, 0.25) is 0 Å². The number of thiazole rings is 1. The molecular weight excluding hydrogens is 550 g/mol. The number of hydrogen-bond acceptors (Lipinski definition) is 7. The summed E-state index contributed by atoms with van der Waals surface area (Å²) in [5.74, 6) is 0.479. The van der Waals surface area contributed by atoms with Crippen LogP contribution < -0.4 is 24.4 Å². The van der Waals surface area contributed by atoms with Crippen molar-refractivity contribution in [2.75, 3.05) is 20.8 Å². The molecule has 1 aliphatic heterocycles. The highest BCUT2D eigenvalue weighted by molar-refractivity contribution is 7.07. The Bertz CT molecular complexity index is 2040. The lowest BCUT2D eigenvalue weighted by Crippen LogP contribution is -2.40. The third-order valence-corrected chi connectivity index (χ3v) is 8.29. The molecule has 3 heterocycles. The molecule has 1 aliphatic rings. The first kappa shape index (κ1) is 27.3. The van der Waals surface area contributed by atoms with Gasteiger partial charge in [0.25, 0.3) is 5.56 Å². The summed E-state index contributed by atoms with van der Waals surface area (Å²) in [5.41, 5.74) is 3.89. The smallest absolute Gasteiger partial charge is 0.338 e. The van der Waals surface area contributed by atoms with Crippen molar-refractivity contribution in [2.24, 2.45) is 12.0 Å². The monoisotopic (exact) mass is 579 g/mol. The van der Waals surface area contributed by atoms with Crippen molar-refractivity contribution >= 4 is 40.0 Å². The average molecular weight is 580 g/mol. The van der Waals surface area contributed by atoms with Gasteiger partial charge in [0.15, 0.2) is 16.3 Å². The Hall–Kier alpha value is -4.89. The van der Waals surface area contributed by atoms with Crippen molar-refractivity contribution in [3.8, 4) is 11.5 Å². The van der Waals surface area contributed by atoms with Gasteiger partial charge in [-0.1, -0.05) is 65.9 Å². The fourth-order valence-electron chi connectivity index (χ4n) is 5.41. The van der Waals surface area contributed by atoms with Gasteiger partial charge >= 0.3 is 5.97 Å². The second-order valence-corrected chi connectivity index (χ2v) is 10.8. The van der Waals surface area contributed by atoms with Gasteiger partial charge in [-0.05, 0) is 36.8 Å². The molecule has 0 fully saturated rings. The largest absolute Gasteiger partial charge is 0.493 e. The van der Waals surface area contributed by atoms with Gasteiger partial charge in [-0.3, -0.25) is 9.36 Å². The summed E-state index contributed by atoms with van der Waals surface area (Å²) < 4.78 is 20.7. The molecule has 0 radical (unpaired) electrons. The number of ether oxygens (including phenoxy) is 3. The lowest BCUT2D eigenvalue weighted by atomic mass is 9.93. The predicted molar refractivity (Wildman–Crippen MR) is 164 cm³/mol. The molecule has 0 bridgehead atoms. The first-order valence-electron chi connectivity index (χ1n) is 13.5. The van der Waals surface area contributed by atoms with Crippen LogP contribution in [-0.2, 0) is 16.6 Å². The third-order valence-electron chi connectivity index (χ3n) is 7.31. The van der Waals surface area contributed by atoms with Crippen molar-refractivity contribution in [2.45, 2.75) is 13.0 Å². The number of para-hydroxylation sites is 1. The second kappa shape index (κ2) is 11.2. The highest BCUT2D eigenvalue weighted by Gasteiger charge is 2.35. The van der Waals surface area contributed by atoms with E-state index in [1.807, 2.05) is 84.6 Å². The van der Waals surface area contributed by atoms with E-state index in [2.05, 4.69) is 0 Å². The minimum absolute atomic E-state index is 0.175. The summed E-state index contributed by atoms with van der Waals surface area (Å²) in [6.45, 7) is 1.93. The van der Waals surface area contributed by atoms with Gasteiger partial charge in [-0.25, -0.2) is 9.79 Å². The molecule has 0 unspecified atom stereocenters. The standard InChI is InChI=1S/C33H29N3O5S/c1-5-41-32(38)28-29(20-11-7-6-8-12-20)34-33-36(30(28)21-15-16-25(39-3)26(17-21)40-4)31(37)27(42-33)18-22-19-35(2)24-14-10-9-13-23(22)24/h6-19,30H,5H2,1-4H3/b27-18-/t30-/m0/s1. The summed E-state index contributed by atoms with van der Waals surface area (Å²) >= 11 is 1.29. The lowest BCUT2D eigenvalue weighted by molar-refractivity contribution is -0.138. The van der Waals surface area contributed by atoms with E-state index in [0.29, 0.717) is 32.1 Å². The molecule has 3 aromatic carbocycles. The molecule has 9 heteroatoms. The van der Waals surface area contributed by atoms with Crippen molar-refractivity contribution in [3.05, 3.63) is 121 Å².